The normalized spacial score (nSPS) is 37.5. The minimum absolute atomic E-state index is 0.124. The molecule has 0 aliphatic heterocycles. The maximum atomic E-state index is 6.21. The second-order valence-electron chi connectivity index (χ2n) is 8.35. The highest BCUT2D eigenvalue weighted by Crippen LogP contribution is 2.71. The first-order valence-electron chi connectivity index (χ1n) is 9.64. The van der Waals surface area contributed by atoms with Gasteiger partial charge in [0.2, 0.25) is 0 Å². The SMILES string of the molecule is CCOC1=C[C@]2(N(C)C)[C@@H](c3cccc(C)c3)C[C@]13CCCC[C@@H]32. The first kappa shape index (κ1) is 16.2. The average Bonchev–Trinajstić information content (AvgIpc) is 3.02. The first-order valence-corrected chi connectivity index (χ1v) is 9.64. The molecule has 0 spiro atoms. The Hall–Kier alpha value is -1.28. The second-order valence-corrected chi connectivity index (χ2v) is 8.35. The van der Waals surface area contributed by atoms with Gasteiger partial charge in [-0.05, 0) is 64.8 Å². The van der Waals surface area contributed by atoms with Crippen molar-refractivity contribution in [3.8, 4) is 0 Å². The molecule has 2 fully saturated rings. The molecule has 3 aliphatic carbocycles. The van der Waals surface area contributed by atoms with Crippen LogP contribution in [0.4, 0.5) is 0 Å². The summed E-state index contributed by atoms with van der Waals surface area (Å²) >= 11 is 0. The fourth-order valence-electron chi connectivity index (χ4n) is 6.24. The lowest BCUT2D eigenvalue weighted by Crippen LogP contribution is -2.49. The van der Waals surface area contributed by atoms with Crippen LogP contribution in [0.2, 0.25) is 0 Å². The van der Waals surface area contributed by atoms with Gasteiger partial charge in [-0.2, -0.15) is 0 Å². The van der Waals surface area contributed by atoms with Crippen molar-refractivity contribution in [1.29, 1.82) is 0 Å². The van der Waals surface area contributed by atoms with Crippen LogP contribution < -0.4 is 0 Å². The molecule has 1 aromatic rings. The van der Waals surface area contributed by atoms with Crippen LogP contribution in [0.1, 0.15) is 56.1 Å². The van der Waals surface area contributed by atoms with Crippen LogP contribution in [0.15, 0.2) is 36.1 Å². The minimum Gasteiger partial charge on any atom is -0.498 e. The van der Waals surface area contributed by atoms with Crippen LogP contribution >= 0.6 is 0 Å². The molecule has 3 aliphatic rings. The Morgan fingerprint density at radius 1 is 1.25 bits per heavy atom. The molecule has 2 saturated carbocycles. The number of ether oxygens (including phenoxy) is 1. The number of hydrogen-bond donors (Lipinski definition) is 0. The zero-order valence-corrected chi connectivity index (χ0v) is 15.6. The molecular formula is C22H31NO. The highest BCUT2D eigenvalue weighted by Gasteiger charge is 2.69. The Bertz CT molecular complexity index is 664. The summed E-state index contributed by atoms with van der Waals surface area (Å²) in [5, 5.41) is 0. The lowest BCUT2D eigenvalue weighted by molar-refractivity contribution is 0.0570. The van der Waals surface area contributed by atoms with Crippen molar-refractivity contribution >= 4 is 0 Å². The lowest BCUT2D eigenvalue weighted by Gasteiger charge is -2.44. The second kappa shape index (κ2) is 5.62. The van der Waals surface area contributed by atoms with Crippen molar-refractivity contribution < 1.29 is 4.74 Å². The molecule has 2 nitrogen and oxygen atoms in total. The Labute approximate surface area is 146 Å². The van der Waals surface area contributed by atoms with Crippen LogP contribution in [-0.4, -0.2) is 31.1 Å². The Kier molecular flexibility index (Phi) is 3.80. The third-order valence-corrected chi connectivity index (χ3v) is 7.09. The molecule has 0 saturated heterocycles. The highest BCUT2D eigenvalue weighted by atomic mass is 16.5. The molecular weight excluding hydrogens is 294 g/mol. The summed E-state index contributed by atoms with van der Waals surface area (Å²) in [6.45, 7) is 5.13. The average molecular weight is 325 g/mol. The quantitative estimate of drug-likeness (QED) is 0.781. The van der Waals surface area contributed by atoms with Gasteiger partial charge in [-0.1, -0.05) is 42.7 Å². The maximum absolute atomic E-state index is 6.21. The molecule has 4 rings (SSSR count). The van der Waals surface area contributed by atoms with E-state index in [1.54, 1.807) is 0 Å². The van der Waals surface area contributed by atoms with E-state index in [0.717, 1.165) is 6.61 Å². The fourth-order valence-corrected chi connectivity index (χ4v) is 6.24. The molecule has 0 N–H and O–H groups in total. The smallest absolute Gasteiger partial charge is 0.100 e. The molecule has 0 unspecified atom stereocenters. The fraction of sp³-hybridized carbons (Fsp3) is 0.636. The van der Waals surface area contributed by atoms with Gasteiger partial charge >= 0.3 is 0 Å². The van der Waals surface area contributed by atoms with E-state index in [0.29, 0.717) is 11.8 Å². The molecule has 0 heterocycles. The predicted octanol–water partition coefficient (Wildman–Crippen LogP) is 4.89. The Morgan fingerprint density at radius 3 is 2.79 bits per heavy atom. The van der Waals surface area contributed by atoms with E-state index in [1.165, 1.54) is 49.0 Å². The van der Waals surface area contributed by atoms with Crippen molar-refractivity contribution in [2.75, 3.05) is 20.7 Å². The van der Waals surface area contributed by atoms with E-state index >= 15 is 0 Å². The summed E-state index contributed by atoms with van der Waals surface area (Å²) in [5.41, 5.74) is 3.30. The predicted molar refractivity (Wildman–Crippen MR) is 99.1 cm³/mol. The van der Waals surface area contributed by atoms with Gasteiger partial charge in [0.15, 0.2) is 0 Å². The van der Waals surface area contributed by atoms with Crippen LogP contribution in [0.5, 0.6) is 0 Å². The number of rotatable bonds is 4. The molecule has 2 bridgehead atoms. The first-order chi connectivity index (χ1) is 11.5. The van der Waals surface area contributed by atoms with E-state index in [-0.39, 0.29) is 11.0 Å². The van der Waals surface area contributed by atoms with Gasteiger partial charge in [-0.3, -0.25) is 4.90 Å². The monoisotopic (exact) mass is 325 g/mol. The molecule has 1 aromatic carbocycles. The van der Waals surface area contributed by atoms with Gasteiger partial charge in [0.1, 0.15) is 5.76 Å². The van der Waals surface area contributed by atoms with Gasteiger partial charge < -0.3 is 4.74 Å². The summed E-state index contributed by atoms with van der Waals surface area (Å²) in [6.07, 6.45) is 9.16. The molecule has 2 heteroatoms. The number of allylic oxidation sites excluding steroid dienone is 1. The van der Waals surface area contributed by atoms with Gasteiger partial charge in [-0.25, -0.2) is 0 Å². The van der Waals surface area contributed by atoms with Gasteiger partial charge in [0, 0.05) is 11.3 Å². The third kappa shape index (κ3) is 1.98. The zero-order chi connectivity index (χ0) is 16.9. The van der Waals surface area contributed by atoms with Crippen LogP contribution in [0, 0.1) is 18.3 Å². The third-order valence-electron chi connectivity index (χ3n) is 7.09. The summed E-state index contributed by atoms with van der Waals surface area (Å²) in [7, 11) is 4.55. The largest absolute Gasteiger partial charge is 0.498 e. The summed E-state index contributed by atoms with van der Waals surface area (Å²) in [4.78, 5) is 2.50. The Morgan fingerprint density at radius 2 is 2.08 bits per heavy atom. The zero-order valence-electron chi connectivity index (χ0n) is 15.6. The summed E-state index contributed by atoms with van der Waals surface area (Å²) < 4.78 is 6.21. The number of nitrogens with zero attached hydrogens (tertiary/aromatic N) is 1. The minimum atomic E-state index is 0.124. The van der Waals surface area contributed by atoms with Gasteiger partial charge in [-0.15, -0.1) is 0 Å². The van der Waals surface area contributed by atoms with E-state index < -0.39 is 0 Å². The van der Waals surface area contributed by atoms with E-state index in [1.807, 2.05) is 0 Å². The van der Waals surface area contributed by atoms with Crippen molar-refractivity contribution in [2.45, 2.75) is 57.4 Å². The molecule has 4 atom stereocenters. The molecule has 0 radical (unpaired) electrons. The molecule has 0 amide bonds. The molecule has 0 aromatic heterocycles. The summed E-state index contributed by atoms with van der Waals surface area (Å²) in [6, 6.07) is 9.20. The standard InChI is InChI=1S/C22H31NO/c1-5-24-20-15-22(23(3)4)18(17-10-8-9-16(2)13-17)14-21(20)12-7-6-11-19(21)22/h8-10,13,15,18-19H,5-7,11-12,14H2,1-4H3/t18-,19+,21+,22+/m1/s1. The number of hydrogen-bond acceptors (Lipinski definition) is 2. The van der Waals surface area contributed by atoms with Crippen molar-refractivity contribution in [3.63, 3.8) is 0 Å². The maximum Gasteiger partial charge on any atom is 0.100 e. The van der Waals surface area contributed by atoms with Gasteiger partial charge in [0.05, 0.1) is 12.1 Å². The molecule has 24 heavy (non-hydrogen) atoms. The van der Waals surface area contributed by atoms with Gasteiger partial charge in [0.25, 0.3) is 0 Å². The van der Waals surface area contributed by atoms with E-state index in [9.17, 15) is 0 Å². The van der Waals surface area contributed by atoms with Crippen LogP contribution in [0.3, 0.4) is 0 Å². The van der Waals surface area contributed by atoms with Crippen molar-refractivity contribution in [2.24, 2.45) is 11.3 Å². The van der Waals surface area contributed by atoms with Crippen molar-refractivity contribution in [3.05, 3.63) is 47.2 Å². The topological polar surface area (TPSA) is 12.5 Å². The van der Waals surface area contributed by atoms with Crippen LogP contribution in [-0.2, 0) is 4.74 Å². The molecule has 130 valence electrons. The van der Waals surface area contributed by atoms with E-state index in [4.69, 9.17) is 4.74 Å². The number of likely N-dealkylation sites (N-methyl/N-ethyl adjacent to an activating group) is 1. The number of aryl methyl sites for hydroxylation is 1. The van der Waals surface area contributed by atoms with Crippen LogP contribution in [0.25, 0.3) is 0 Å². The summed E-state index contributed by atoms with van der Waals surface area (Å²) in [5.74, 6) is 2.60. The van der Waals surface area contributed by atoms with Crippen molar-refractivity contribution in [1.82, 2.24) is 4.90 Å². The lowest BCUT2D eigenvalue weighted by atomic mass is 9.67. The Balaban J connectivity index is 1.86. The number of benzene rings is 1. The van der Waals surface area contributed by atoms with E-state index in [2.05, 4.69) is 63.2 Å². The highest BCUT2D eigenvalue weighted by molar-refractivity contribution is 5.45.